The molecule has 2 heterocycles. The number of rotatable bonds is 5. The van der Waals surface area contributed by atoms with E-state index in [2.05, 4.69) is 11.4 Å². The van der Waals surface area contributed by atoms with Crippen molar-refractivity contribution in [3.8, 4) is 6.07 Å². The number of carbonyl (C=O) groups excluding carboxylic acids is 1. The van der Waals surface area contributed by atoms with Crippen molar-refractivity contribution in [3.63, 3.8) is 0 Å². The van der Waals surface area contributed by atoms with Gasteiger partial charge in [0.25, 0.3) is 0 Å². The fraction of sp³-hybridized carbons (Fsp3) is 0.417. The number of hydrogen-bond donors (Lipinski definition) is 3. The number of anilines is 2. The SMILES string of the molecule is Cc1cccc(C(=O)Nc2cc3cn(C4CCC(O)(CC#N)CC4)nc3cc2N(C)C)[n+]1O. The monoisotopic (exact) mass is 449 g/mol. The molecule has 1 saturated carbocycles. The van der Waals surface area contributed by atoms with Gasteiger partial charge in [0.2, 0.25) is 5.69 Å². The Kier molecular flexibility index (Phi) is 5.95. The van der Waals surface area contributed by atoms with E-state index >= 15 is 0 Å². The number of nitrogens with zero attached hydrogens (tertiary/aromatic N) is 5. The number of nitriles is 1. The summed E-state index contributed by atoms with van der Waals surface area (Å²) in [5.74, 6) is -0.417. The lowest BCUT2D eigenvalue weighted by Crippen LogP contribution is -2.42. The molecule has 1 amide bonds. The first-order chi connectivity index (χ1) is 15.7. The Bertz CT molecular complexity index is 1230. The van der Waals surface area contributed by atoms with Crippen LogP contribution in [0.25, 0.3) is 10.9 Å². The molecule has 1 aliphatic rings. The third-order valence-corrected chi connectivity index (χ3v) is 6.42. The van der Waals surface area contributed by atoms with Crippen LogP contribution in [-0.4, -0.2) is 45.7 Å². The van der Waals surface area contributed by atoms with Crippen LogP contribution >= 0.6 is 0 Å². The summed E-state index contributed by atoms with van der Waals surface area (Å²) in [7, 11) is 3.79. The second kappa shape index (κ2) is 8.71. The highest BCUT2D eigenvalue weighted by Crippen LogP contribution is 2.38. The minimum Gasteiger partial charge on any atom is -0.389 e. The highest BCUT2D eigenvalue weighted by Gasteiger charge is 2.34. The van der Waals surface area contributed by atoms with Crippen LogP contribution < -0.4 is 14.9 Å². The van der Waals surface area contributed by atoms with Crippen LogP contribution in [0.15, 0.2) is 36.5 Å². The average Bonchev–Trinajstić information content (AvgIpc) is 3.18. The molecule has 9 nitrogen and oxygen atoms in total. The van der Waals surface area contributed by atoms with Crippen LogP contribution in [0.4, 0.5) is 11.4 Å². The van der Waals surface area contributed by atoms with Gasteiger partial charge in [-0.1, -0.05) is 0 Å². The molecule has 0 atom stereocenters. The summed E-state index contributed by atoms with van der Waals surface area (Å²) >= 11 is 0. The molecule has 0 bridgehead atoms. The van der Waals surface area contributed by atoms with Crippen molar-refractivity contribution in [1.82, 2.24) is 9.78 Å². The highest BCUT2D eigenvalue weighted by molar-refractivity contribution is 6.05. The van der Waals surface area contributed by atoms with Gasteiger partial charge in [-0.2, -0.15) is 10.4 Å². The number of pyridine rings is 1. The minimum atomic E-state index is -0.896. The van der Waals surface area contributed by atoms with E-state index < -0.39 is 11.5 Å². The lowest BCUT2D eigenvalue weighted by molar-refractivity contribution is -0.909. The molecule has 1 fully saturated rings. The van der Waals surface area contributed by atoms with Crippen molar-refractivity contribution >= 4 is 28.2 Å². The van der Waals surface area contributed by atoms with Gasteiger partial charge < -0.3 is 15.3 Å². The van der Waals surface area contributed by atoms with Crippen molar-refractivity contribution in [2.75, 3.05) is 24.3 Å². The maximum atomic E-state index is 12.9. The Hall–Kier alpha value is -3.64. The van der Waals surface area contributed by atoms with Gasteiger partial charge in [-0.15, -0.1) is 0 Å². The predicted octanol–water partition coefficient (Wildman–Crippen LogP) is 2.95. The first-order valence-corrected chi connectivity index (χ1v) is 11.0. The summed E-state index contributed by atoms with van der Waals surface area (Å²) in [6, 6.07) is 11.0. The fourth-order valence-electron chi connectivity index (χ4n) is 4.43. The van der Waals surface area contributed by atoms with Crippen LogP contribution in [-0.2, 0) is 0 Å². The Morgan fingerprint density at radius 3 is 2.76 bits per heavy atom. The topological polar surface area (TPSA) is 118 Å². The lowest BCUT2D eigenvalue weighted by Gasteiger charge is -2.34. The fourth-order valence-corrected chi connectivity index (χ4v) is 4.43. The summed E-state index contributed by atoms with van der Waals surface area (Å²) < 4.78 is 2.81. The summed E-state index contributed by atoms with van der Waals surface area (Å²) in [6.45, 7) is 1.72. The molecule has 0 aliphatic heterocycles. The van der Waals surface area contributed by atoms with E-state index in [-0.39, 0.29) is 18.2 Å². The molecule has 0 saturated heterocycles. The van der Waals surface area contributed by atoms with Crippen LogP contribution in [0.1, 0.15) is 54.3 Å². The minimum absolute atomic E-state index is 0.141. The van der Waals surface area contributed by atoms with Crippen molar-refractivity contribution in [3.05, 3.63) is 47.9 Å². The van der Waals surface area contributed by atoms with Gasteiger partial charge in [-0.05, 0) is 43.9 Å². The Morgan fingerprint density at radius 1 is 1.36 bits per heavy atom. The molecule has 0 unspecified atom stereocenters. The average molecular weight is 450 g/mol. The molecular weight excluding hydrogens is 420 g/mol. The number of benzene rings is 1. The second-order valence-corrected chi connectivity index (χ2v) is 9.04. The van der Waals surface area contributed by atoms with Crippen molar-refractivity contribution < 1.29 is 19.8 Å². The molecule has 33 heavy (non-hydrogen) atoms. The molecular formula is C24H29N6O3+. The van der Waals surface area contributed by atoms with Gasteiger partial charge >= 0.3 is 11.6 Å². The van der Waals surface area contributed by atoms with E-state index in [1.165, 1.54) is 0 Å². The van der Waals surface area contributed by atoms with E-state index in [9.17, 15) is 15.1 Å². The summed E-state index contributed by atoms with van der Waals surface area (Å²) in [5, 5.41) is 38.2. The molecule has 9 heteroatoms. The van der Waals surface area contributed by atoms with Gasteiger partial charge in [0.05, 0.1) is 41.0 Å². The molecule has 3 N–H and O–H groups in total. The number of carbonyl (C=O) groups is 1. The van der Waals surface area contributed by atoms with E-state index in [1.54, 1.807) is 25.1 Å². The number of nitrogens with one attached hydrogen (secondary N) is 1. The van der Waals surface area contributed by atoms with Crippen LogP contribution in [0, 0.1) is 18.3 Å². The second-order valence-electron chi connectivity index (χ2n) is 9.04. The van der Waals surface area contributed by atoms with E-state index in [4.69, 9.17) is 10.4 Å². The smallest absolute Gasteiger partial charge is 0.325 e. The molecule has 2 aromatic heterocycles. The normalized spacial score (nSPS) is 20.4. The highest BCUT2D eigenvalue weighted by atomic mass is 16.5. The van der Waals surface area contributed by atoms with Crippen molar-refractivity contribution in [2.24, 2.45) is 0 Å². The zero-order chi connectivity index (χ0) is 23.8. The molecule has 172 valence electrons. The molecule has 1 aliphatic carbocycles. The first-order valence-electron chi connectivity index (χ1n) is 11.0. The lowest BCUT2D eigenvalue weighted by atomic mass is 9.80. The number of aromatic nitrogens is 3. The molecule has 0 spiro atoms. The maximum absolute atomic E-state index is 12.9. The van der Waals surface area contributed by atoms with Crippen molar-refractivity contribution in [2.45, 2.75) is 50.7 Å². The first kappa shape index (κ1) is 22.6. The number of fused-ring (bicyclic) bond motifs is 1. The molecule has 1 aromatic carbocycles. The van der Waals surface area contributed by atoms with Gasteiger partial charge in [0.15, 0.2) is 0 Å². The third-order valence-electron chi connectivity index (χ3n) is 6.42. The summed E-state index contributed by atoms with van der Waals surface area (Å²) in [5.41, 5.74) is 2.02. The Morgan fingerprint density at radius 2 is 2.09 bits per heavy atom. The van der Waals surface area contributed by atoms with Crippen LogP contribution in [0.2, 0.25) is 0 Å². The van der Waals surface area contributed by atoms with Crippen molar-refractivity contribution in [1.29, 1.82) is 5.26 Å². The standard InChI is InChI=1S/C24H28N6O3/c1-16-5-4-6-21(30(16)33)23(31)26-20-13-17-15-29(27-19(17)14-22(20)28(2)3)18-7-9-24(32,10-8-18)11-12-25/h4-6,13-15,18,32H,7-11H2,1-3H3,(H-,26,31,33)/p+1. The number of amides is 1. The molecule has 4 rings (SSSR count). The van der Waals surface area contributed by atoms with Gasteiger partial charge in [-0.25, -0.2) is 0 Å². The van der Waals surface area contributed by atoms with Gasteiger partial charge in [0, 0.05) is 49.5 Å². The van der Waals surface area contributed by atoms with E-state index in [0.717, 1.165) is 34.2 Å². The number of aliphatic hydroxyl groups is 1. The number of hydrogen-bond acceptors (Lipinski definition) is 6. The van der Waals surface area contributed by atoms with Gasteiger partial charge in [-0.3, -0.25) is 14.7 Å². The third kappa shape index (κ3) is 4.47. The number of aryl methyl sites for hydroxylation is 1. The largest absolute Gasteiger partial charge is 0.389 e. The van der Waals surface area contributed by atoms with Gasteiger partial charge in [0.1, 0.15) is 0 Å². The molecule has 0 radical (unpaired) electrons. The van der Waals surface area contributed by atoms with E-state index in [1.807, 2.05) is 42.0 Å². The summed E-state index contributed by atoms with van der Waals surface area (Å²) in [4.78, 5) is 14.8. The van der Waals surface area contributed by atoms with Crippen LogP contribution in [0.5, 0.6) is 0 Å². The zero-order valence-electron chi connectivity index (χ0n) is 19.1. The van der Waals surface area contributed by atoms with Crippen LogP contribution in [0.3, 0.4) is 0 Å². The zero-order valence-corrected chi connectivity index (χ0v) is 19.1. The quantitative estimate of drug-likeness (QED) is 0.407. The Labute approximate surface area is 192 Å². The Balaban J connectivity index is 1.62. The molecule has 3 aromatic rings. The van der Waals surface area contributed by atoms with E-state index in [0.29, 0.717) is 24.2 Å². The maximum Gasteiger partial charge on any atom is 0.325 e. The summed E-state index contributed by atoms with van der Waals surface area (Å²) in [6.07, 6.45) is 4.76. The predicted molar refractivity (Wildman–Crippen MR) is 123 cm³/mol.